The van der Waals surface area contributed by atoms with E-state index < -0.39 is 5.60 Å². The first-order valence-electron chi connectivity index (χ1n) is 7.72. The SMILES string of the molecule is CC(C)(C)OC(=O)NC(CNC1CCC1)c1ccccc1. The van der Waals surface area contributed by atoms with E-state index in [2.05, 4.69) is 10.6 Å². The summed E-state index contributed by atoms with van der Waals surface area (Å²) in [5.41, 5.74) is 0.613. The predicted molar refractivity (Wildman–Crippen MR) is 84.2 cm³/mol. The van der Waals surface area contributed by atoms with Gasteiger partial charge in [-0.3, -0.25) is 0 Å². The van der Waals surface area contributed by atoms with Gasteiger partial charge in [-0.05, 0) is 39.2 Å². The summed E-state index contributed by atoms with van der Waals surface area (Å²) in [6, 6.07) is 10.5. The molecule has 4 nitrogen and oxygen atoms in total. The molecule has 0 heterocycles. The van der Waals surface area contributed by atoms with E-state index in [1.807, 2.05) is 51.1 Å². The number of amides is 1. The molecule has 4 heteroatoms. The fourth-order valence-electron chi connectivity index (χ4n) is 2.28. The number of rotatable bonds is 5. The normalized spacial score (nSPS) is 16.9. The van der Waals surface area contributed by atoms with Crippen molar-refractivity contribution in [2.75, 3.05) is 6.54 Å². The van der Waals surface area contributed by atoms with Crippen LogP contribution in [0.2, 0.25) is 0 Å². The van der Waals surface area contributed by atoms with E-state index in [-0.39, 0.29) is 12.1 Å². The highest BCUT2D eigenvalue weighted by Gasteiger charge is 2.23. The zero-order valence-corrected chi connectivity index (χ0v) is 13.2. The number of carbonyl (C=O) groups excluding carboxylic acids is 1. The van der Waals surface area contributed by atoms with E-state index in [1.165, 1.54) is 19.3 Å². The lowest BCUT2D eigenvalue weighted by molar-refractivity contribution is 0.0501. The molecule has 116 valence electrons. The third kappa shape index (κ3) is 5.38. The van der Waals surface area contributed by atoms with Crippen LogP contribution >= 0.6 is 0 Å². The molecular formula is C17H26N2O2. The lowest BCUT2D eigenvalue weighted by atomic mass is 9.93. The molecule has 1 amide bonds. The third-order valence-corrected chi connectivity index (χ3v) is 3.61. The second-order valence-electron chi connectivity index (χ2n) is 6.65. The van der Waals surface area contributed by atoms with Gasteiger partial charge in [0.1, 0.15) is 5.60 Å². The first-order valence-corrected chi connectivity index (χ1v) is 7.72. The topological polar surface area (TPSA) is 50.4 Å². The van der Waals surface area contributed by atoms with Crippen LogP contribution < -0.4 is 10.6 Å². The molecule has 0 bridgehead atoms. The molecule has 1 aromatic rings. The molecule has 0 radical (unpaired) electrons. The molecule has 0 spiro atoms. The van der Waals surface area contributed by atoms with E-state index in [0.29, 0.717) is 6.04 Å². The van der Waals surface area contributed by atoms with Gasteiger partial charge in [0.25, 0.3) is 0 Å². The largest absolute Gasteiger partial charge is 0.444 e. The van der Waals surface area contributed by atoms with Crippen LogP contribution in [0.15, 0.2) is 30.3 Å². The molecule has 2 N–H and O–H groups in total. The smallest absolute Gasteiger partial charge is 0.408 e. The van der Waals surface area contributed by atoms with Gasteiger partial charge in [0.2, 0.25) is 0 Å². The Balaban J connectivity index is 1.95. The summed E-state index contributed by atoms with van der Waals surface area (Å²) >= 11 is 0. The first kappa shape index (κ1) is 15.8. The lowest BCUT2D eigenvalue weighted by Crippen LogP contribution is -2.43. The third-order valence-electron chi connectivity index (χ3n) is 3.61. The Morgan fingerprint density at radius 3 is 2.48 bits per heavy atom. The van der Waals surface area contributed by atoms with Gasteiger partial charge in [-0.15, -0.1) is 0 Å². The van der Waals surface area contributed by atoms with Crippen molar-refractivity contribution >= 4 is 6.09 Å². The Labute approximate surface area is 127 Å². The summed E-state index contributed by atoms with van der Waals surface area (Å²) in [7, 11) is 0. The van der Waals surface area contributed by atoms with Crippen LogP contribution in [0.1, 0.15) is 51.6 Å². The maximum atomic E-state index is 12.0. The highest BCUT2D eigenvalue weighted by Crippen LogP contribution is 2.20. The van der Waals surface area contributed by atoms with Crippen LogP contribution in [-0.2, 0) is 4.74 Å². The number of hydrogen-bond acceptors (Lipinski definition) is 3. The van der Waals surface area contributed by atoms with E-state index in [9.17, 15) is 4.79 Å². The molecule has 1 saturated carbocycles. The van der Waals surface area contributed by atoms with E-state index >= 15 is 0 Å². The predicted octanol–water partition coefficient (Wildman–Crippen LogP) is 3.39. The highest BCUT2D eigenvalue weighted by molar-refractivity contribution is 5.68. The number of carbonyl (C=O) groups is 1. The van der Waals surface area contributed by atoms with Crippen molar-refractivity contribution in [3.05, 3.63) is 35.9 Å². The quantitative estimate of drug-likeness (QED) is 0.874. The van der Waals surface area contributed by atoms with Gasteiger partial charge >= 0.3 is 6.09 Å². The van der Waals surface area contributed by atoms with E-state index in [1.54, 1.807) is 0 Å². The van der Waals surface area contributed by atoms with Crippen molar-refractivity contribution in [2.45, 2.75) is 57.7 Å². The number of hydrogen-bond donors (Lipinski definition) is 2. The van der Waals surface area contributed by atoms with Crippen molar-refractivity contribution in [3.63, 3.8) is 0 Å². The van der Waals surface area contributed by atoms with Crippen LogP contribution in [0.5, 0.6) is 0 Å². The van der Waals surface area contributed by atoms with E-state index in [4.69, 9.17) is 4.74 Å². The van der Waals surface area contributed by atoms with Crippen molar-refractivity contribution in [2.24, 2.45) is 0 Å². The summed E-state index contributed by atoms with van der Waals surface area (Å²) in [6.07, 6.45) is 3.39. The number of benzene rings is 1. The molecule has 0 aliphatic heterocycles. The summed E-state index contributed by atoms with van der Waals surface area (Å²) in [5, 5.41) is 6.49. The summed E-state index contributed by atoms with van der Waals surface area (Å²) in [5.74, 6) is 0. The molecule has 2 rings (SSSR count). The van der Waals surface area contributed by atoms with Gasteiger partial charge in [0.15, 0.2) is 0 Å². The Morgan fingerprint density at radius 2 is 1.95 bits per heavy atom. The Morgan fingerprint density at radius 1 is 1.29 bits per heavy atom. The average Bonchev–Trinajstić information content (AvgIpc) is 2.34. The summed E-state index contributed by atoms with van der Waals surface area (Å²) in [6.45, 7) is 6.35. The van der Waals surface area contributed by atoms with Crippen LogP contribution in [0.3, 0.4) is 0 Å². The number of nitrogens with one attached hydrogen (secondary N) is 2. The van der Waals surface area contributed by atoms with Crippen LogP contribution in [0, 0.1) is 0 Å². The standard InChI is InChI=1S/C17H26N2O2/c1-17(2,3)21-16(20)19-15(12-18-14-10-7-11-14)13-8-5-4-6-9-13/h4-6,8-9,14-15,18H,7,10-12H2,1-3H3,(H,19,20). The Bertz CT molecular complexity index is 450. The van der Waals surface area contributed by atoms with Crippen LogP contribution in [-0.4, -0.2) is 24.3 Å². The molecule has 1 aliphatic carbocycles. The van der Waals surface area contributed by atoms with Gasteiger partial charge in [-0.2, -0.15) is 0 Å². The van der Waals surface area contributed by atoms with Gasteiger partial charge in [-0.25, -0.2) is 4.79 Å². The Hall–Kier alpha value is -1.55. The average molecular weight is 290 g/mol. The van der Waals surface area contributed by atoms with Crippen LogP contribution in [0.4, 0.5) is 4.79 Å². The van der Waals surface area contributed by atoms with Crippen molar-refractivity contribution in [3.8, 4) is 0 Å². The molecular weight excluding hydrogens is 264 g/mol. The van der Waals surface area contributed by atoms with Gasteiger partial charge in [-0.1, -0.05) is 36.8 Å². The van der Waals surface area contributed by atoms with Gasteiger partial charge in [0, 0.05) is 12.6 Å². The maximum absolute atomic E-state index is 12.0. The highest BCUT2D eigenvalue weighted by atomic mass is 16.6. The number of alkyl carbamates (subject to hydrolysis) is 1. The fourth-order valence-corrected chi connectivity index (χ4v) is 2.28. The van der Waals surface area contributed by atoms with Crippen molar-refractivity contribution in [1.29, 1.82) is 0 Å². The second kappa shape index (κ2) is 6.94. The monoisotopic (exact) mass is 290 g/mol. The molecule has 0 aromatic heterocycles. The van der Waals surface area contributed by atoms with Crippen LogP contribution in [0.25, 0.3) is 0 Å². The number of ether oxygens (including phenoxy) is 1. The van der Waals surface area contributed by atoms with Gasteiger partial charge < -0.3 is 15.4 Å². The second-order valence-corrected chi connectivity index (χ2v) is 6.65. The van der Waals surface area contributed by atoms with Crippen molar-refractivity contribution < 1.29 is 9.53 Å². The van der Waals surface area contributed by atoms with E-state index in [0.717, 1.165) is 12.1 Å². The fraction of sp³-hybridized carbons (Fsp3) is 0.588. The maximum Gasteiger partial charge on any atom is 0.408 e. The lowest BCUT2D eigenvalue weighted by Gasteiger charge is -2.30. The molecule has 1 aromatic carbocycles. The molecule has 21 heavy (non-hydrogen) atoms. The molecule has 1 unspecified atom stereocenters. The summed E-state index contributed by atoms with van der Waals surface area (Å²) in [4.78, 5) is 12.0. The molecule has 0 saturated heterocycles. The zero-order chi connectivity index (χ0) is 15.3. The minimum Gasteiger partial charge on any atom is -0.444 e. The first-order chi connectivity index (χ1) is 9.94. The Kier molecular flexibility index (Phi) is 5.23. The minimum absolute atomic E-state index is 0.0679. The minimum atomic E-state index is -0.479. The molecule has 1 fully saturated rings. The molecule has 1 aliphatic rings. The molecule has 1 atom stereocenters. The zero-order valence-electron chi connectivity index (χ0n) is 13.2. The summed E-state index contributed by atoms with van der Waals surface area (Å²) < 4.78 is 5.36. The van der Waals surface area contributed by atoms with Gasteiger partial charge in [0.05, 0.1) is 6.04 Å². The van der Waals surface area contributed by atoms with Crippen molar-refractivity contribution in [1.82, 2.24) is 10.6 Å².